The van der Waals surface area contributed by atoms with E-state index in [2.05, 4.69) is 71.7 Å². The van der Waals surface area contributed by atoms with Crippen molar-refractivity contribution in [3.63, 3.8) is 0 Å². The van der Waals surface area contributed by atoms with E-state index in [-0.39, 0.29) is 10.7 Å². The molecule has 0 aliphatic heterocycles. The number of amides is 1. The van der Waals surface area contributed by atoms with E-state index in [9.17, 15) is 4.79 Å². The molecule has 0 bridgehead atoms. The van der Waals surface area contributed by atoms with Crippen LogP contribution in [0.15, 0.2) is 96.2 Å². The predicted octanol–water partition coefficient (Wildman–Crippen LogP) is 7.67. The molecule has 5 aromatic rings. The van der Waals surface area contributed by atoms with Gasteiger partial charge in [-0.05, 0) is 48.0 Å². The first-order valence-electron chi connectivity index (χ1n) is 14.2. The average Bonchev–Trinajstić information content (AvgIpc) is 3.22. The fourth-order valence-corrected chi connectivity index (χ4v) is 6.05. The van der Waals surface area contributed by atoms with E-state index < -0.39 is 5.41 Å². The molecule has 6 nitrogen and oxygen atoms in total. The first-order chi connectivity index (χ1) is 20.0. The second kappa shape index (κ2) is 12.0. The third-order valence-electron chi connectivity index (χ3n) is 7.14. The molecule has 0 radical (unpaired) electrons. The number of aromatic nitrogens is 3. The number of rotatable bonds is 10. The first kappa shape index (κ1) is 29.4. The fourth-order valence-electron chi connectivity index (χ4n) is 4.87. The molecule has 2 N–H and O–H groups in total. The van der Waals surface area contributed by atoms with Crippen LogP contribution in [0.2, 0.25) is 0 Å². The summed E-state index contributed by atoms with van der Waals surface area (Å²) >= 11 is 1.81. The Morgan fingerprint density at radius 2 is 1.62 bits per heavy atom. The molecule has 0 aliphatic carbocycles. The minimum atomic E-state index is -0.722. The van der Waals surface area contributed by atoms with Crippen LogP contribution in [0.3, 0.4) is 0 Å². The molecule has 0 saturated heterocycles. The minimum absolute atomic E-state index is 0.0557. The van der Waals surface area contributed by atoms with E-state index in [0.717, 1.165) is 49.8 Å². The van der Waals surface area contributed by atoms with Gasteiger partial charge in [-0.3, -0.25) is 14.8 Å². The van der Waals surface area contributed by atoms with Crippen molar-refractivity contribution in [3.05, 3.63) is 108 Å². The molecule has 42 heavy (non-hydrogen) atoms. The van der Waals surface area contributed by atoms with Crippen molar-refractivity contribution in [1.29, 1.82) is 0 Å². The van der Waals surface area contributed by atoms with Gasteiger partial charge in [0.1, 0.15) is 12.4 Å². The van der Waals surface area contributed by atoms with Gasteiger partial charge in [-0.1, -0.05) is 71.0 Å². The number of nitrogens with zero attached hydrogens (tertiary/aromatic N) is 3. The Morgan fingerprint density at radius 1 is 0.905 bits per heavy atom. The SMILES string of the molecule is CC(C)(C)Sc1c(CC(C)(C)C(N)=O)n(Cc2ccc(-c3ccccn3)cc2)c2ccc(OCc3ccccn3)cc12. The van der Waals surface area contributed by atoms with Gasteiger partial charge >= 0.3 is 0 Å². The molecular weight excluding hydrogens is 540 g/mol. The van der Waals surface area contributed by atoms with Crippen LogP contribution in [-0.4, -0.2) is 25.2 Å². The minimum Gasteiger partial charge on any atom is -0.487 e. The zero-order chi connectivity index (χ0) is 29.9. The highest BCUT2D eigenvalue weighted by Gasteiger charge is 2.31. The number of ether oxygens (including phenoxy) is 1. The lowest BCUT2D eigenvalue weighted by atomic mass is 9.87. The van der Waals surface area contributed by atoms with Crippen molar-refractivity contribution in [2.75, 3.05) is 0 Å². The molecule has 0 fully saturated rings. The van der Waals surface area contributed by atoms with Gasteiger partial charge in [0, 0.05) is 62.6 Å². The number of hydrogen-bond acceptors (Lipinski definition) is 5. The summed E-state index contributed by atoms with van der Waals surface area (Å²) in [5.41, 5.74) is 11.4. The molecule has 7 heteroatoms. The summed E-state index contributed by atoms with van der Waals surface area (Å²) in [5.74, 6) is 0.464. The highest BCUT2D eigenvalue weighted by Crippen LogP contribution is 2.44. The highest BCUT2D eigenvalue weighted by molar-refractivity contribution is 8.00. The molecule has 0 unspecified atom stereocenters. The summed E-state index contributed by atoms with van der Waals surface area (Å²) in [6.45, 7) is 11.5. The maximum atomic E-state index is 12.5. The third kappa shape index (κ3) is 6.85. The summed E-state index contributed by atoms with van der Waals surface area (Å²) in [4.78, 5) is 22.6. The molecule has 0 spiro atoms. The molecule has 0 saturated carbocycles. The van der Waals surface area contributed by atoms with Gasteiger partial charge in [0.25, 0.3) is 0 Å². The van der Waals surface area contributed by atoms with E-state index in [1.54, 1.807) is 6.20 Å². The van der Waals surface area contributed by atoms with Crippen molar-refractivity contribution >= 4 is 28.6 Å². The summed E-state index contributed by atoms with van der Waals surface area (Å²) < 4.78 is 8.47. The molecule has 0 atom stereocenters. The highest BCUT2D eigenvalue weighted by atomic mass is 32.2. The molecule has 5 rings (SSSR count). The number of thioether (sulfide) groups is 1. The smallest absolute Gasteiger partial charge is 0.223 e. The third-order valence-corrected chi connectivity index (χ3v) is 8.42. The monoisotopic (exact) mass is 578 g/mol. The summed E-state index contributed by atoms with van der Waals surface area (Å²) in [6.07, 6.45) is 4.10. The number of hydrogen-bond donors (Lipinski definition) is 1. The van der Waals surface area contributed by atoms with Gasteiger partial charge in [-0.25, -0.2) is 0 Å². The van der Waals surface area contributed by atoms with Crippen molar-refractivity contribution in [1.82, 2.24) is 14.5 Å². The summed E-state index contributed by atoms with van der Waals surface area (Å²) in [7, 11) is 0. The largest absolute Gasteiger partial charge is 0.487 e. The number of pyridine rings is 2. The maximum Gasteiger partial charge on any atom is 0.223 e. The van der Waals surface area contributed by atoms with Crippen LogP contribution in [0.1, 0.15) is 51.6 Å². The van der Waals surface area contributed by atoms with Crippen molar-refractivity contribution in [2.24, 2.45) is 11.1 Å². The molecular formula is C35H38N4O2S. The number of primary amides is 1. The van der Waals surface area contributed by atoms with E-state index >= 15 is 0 Å². The number of carbonyl (C=O) groups is 1. The van der Waals surface area contributed by atoms with Crippen molar-refractivity contribution in [3.8, 4) is 17.0 Å². The molecule has 2 aromatic carbocycles. The predicted molar refractivity (Wildman–Crippen MR) is 172 cm³/mol. The van der Waals surface area contributed by atoms with E-state index in [0.29, 0.717) is 19.6 Å². The van der Waals surface area contributed by atoms with Crippen LogP contribution in [0.4, 0.5) is 0 Å². The zero-order valence-corrected chi connectivity index (χ0v) is 25.7. The topological polar surface area (TPSA) is 83.0 Å². The van der Waals surface area contributed by atoms with E-state index in [4.69, 9.17) is 10.5 Å². The fraction of sp³-hybridized carbons (Fsp3) is 0.286. The quantitative estimate of drug-likeness (QED) is 0.172. The normalized spacial score (nSPS) is 12.0. The Hall–Kier alpha value is -4.10. The van der Waals surface area contributed by atoms with Crippen molar-refractivity contribution < 1.29 is 9.53 Å². The van der Waals surface area contributed by atoms with Crippen LogP contribution in [0.25, 0.3) is 22.2 Å². The Bertz CT molecular complexity index is 1670. The number of fused-ring (bicyclic) bond motifs is 1. The molecule has 3 aromatic heterocycles. The first-order valence-corrected chi connectivity index (χ1v) is 15.0. The molecule has 216 valence electrons. The summed E-state index contributed by atoms with van der Waals surface area (Å²) in [5, 5.41) is 1.11. The van der Waals surface area contributed by atoms with Crippen LogP contribution >= 0.6 is 11.8 Å². The summed E-state index contributed by atoms with van der Waals surface area (Å²) in [6, 6.07) is 26.5. The number of carbonyl (C=O) groups excluding carboxylic acids is 1. The number of nitrogens with two attached hydrogens (primary N) is 1. The number of benzene rings is 2. The second-order valence-corrected chi connectivity index (χ2v) is 14.0. The van der Waals surface area contributed by atoms with Crippen LogP contribution in [-0.2, 0) is 24.4 Å². The van der Waals surface area contributed by atoms with Crippen LogP contribution in [0, 0.1) is 5.41 Å². The van der Waals surface area contributed by atoms with Crippen molar-refractivity contribution in [2.45, 2.75) is 63.8 Å². The Kier molecular flexibility index (Phi) is 8.41. The van der Waals surface area contributed by atoms with E-state index in [1.165, 1.54) is 0 Å². The lowest BCUT2D eigenvalue weighted by Gasteiger charge is -2.25. The lowest BCUT2D eigenvalue weighted by molar-refractivity contribution is -0.126. The van der Waals surface area contributed by atoms with Gasteiger partial charge in [0.05, 0.1) is 11.4 Å². The second-order valence-electron chi connectivity index (χ2n) is 12.2. The van der Waals surface area contributed by atoms with Gasteiger partial charge in [0.15, 0.2) is 0 Å². The Morgan fingerprint density at radius 3 is 2.24 bits per heavy atom. The van der Waals surface area contributed by atoms with E-state index in [1.807, 2.05) is 74.3 Å². The van der Waals surface area contributed by atoms with Gasteiger partial charge in [-0.2, -0.15) is 0 Å². The van der Waals surface area contributed by atoms with Crippen LogP contribution in [0.5, 0.6) is 5.75 Å². The molecule has 0 aliphatic rings. The average molecular weight is 579 g/mol. The maximum absolute atomic E-state index is 12.5. The van der Waals surface area contributed by atoms with Gasteiger partial charge in [0.2, 0.25) is 5.91 Å². The van der Waals surface area contributed by atoms with Gasteiger partial charge < -0.3 is 15.0 Å². The Labute approximate surface area is 252 Å². The van der Waals surface area contributed by atoms with Gasteiger partial charge in [-0.15, -0.1) is 11.8 Å². The zero-order valence-electron chi connectivity index (χ0n) is 24.9. The Balaban J connectivity index is 1.59. The standard InChI is InChI=1S/C35H38N4O2S/c1-34(2,3)42-32-28-20-27(41-23-26-10-6-8-18-37-26)16-17-30(28)39(31(32)21-35(4,5)33(36)40)22-24-12-14-25(15-13-24)29-11-7-9-19-38-29/h6-20H,21-23H2,1-5H3,(H2,36,40). The molecule has 1 amide bonds. The molecule has 3 heterocycles. The lowest BCUT2D eigenvalue weighted by Crippen LogP contribution is -2.34. The van der Waals surface area contributed by atoms with Crippen LogP contribution < -0.4 is 10.5 Å².